The Morgan fingerprint density at radius 3 is 2.14 bits per heavy atom. The smallest absolute Gasteiger partial charge is 0.272 e. The molecule has 5 heteroatoms. The van der Waals surface area contributed by atoms with Crippen LogP contribution in [0.3, 0.4) is 0 Å². The number of aryl methyl sites for hydroxylation is 2. The number of thioether (sulfide) groups is 1. The van der Waals surface area contributed by atoms with Gasteiger partial charge in [-0.05, 0) is 67.0 Å². The molecule has 2 amide bonds. The van der Waals surface area contributed by atoms with Crippen LogP contribution < -0.4 is 9.64 Å². The minimum Gasteiger partial charge on any atom is -0.494 e. The van der Waals surface area contributed by atoms with Crippen LogP contribution in [0.15, 0.2) is 47.4 Å². The van der Waals surface area contributed by atoms with E-state index in [1.807, 2.05) is 63.2 Å². The molecule has 146 valence electrons. The zero-order chi connectivity index (χ0) is 20.3. The molecule has 0 aromatic heterocycles. The van der Waals surface area contributed by atoms with Crippen molar-refractivity contribution < 1.29 is 14.3 Å². The Labute approximate surface area is 170 Å². The van der Waals surface area contributed by atoms with Crippen molar-refractivity contribution in [2.24, 2.45) is 0 Å². The number of carbonyl (C=O) groups is 2. The molecule has 2 aromatic carbocycles. The standard InChI is InChI=1S/C23H25NO3S/c1-5-11-27-19-9-7-17(8-10-19)20-21(28-6-2)23(26)24(22(20)25)18-13-15(3)12-16(4)14-18/h7-10,12-14H,5-6,11H2,1-4H3. The quantitative estimate of drug-likeness (QED) is 0.610. The predicted octanol–water partition coefficient (Wildman–Crippen LogP) is 5.13. The first-order valence-corrected chi connectivity index (χ1v) is 10.5. The number of hydrogen-bond acceptors (Lipinski definition) is 4. The van der Waals surface area contributed by atoms with Crippen LogP contribution in [0.25, 0.3) is 5.57 Å². The maximum absolute atomic E-state index is 13.3. The molecule has 1 aliphatic heterocycles. The molecule has 0 saturated carbocycles. The van der Waals surface area contributed by atoms with Crippen LogP contribution in [0, 0.1) is 13.8 Å². The van der Waals surface area contributed by atoms with E-state index < -0.39 is 0 Å². The molecule has 1 heterocycles. The molecule has 0 spiro atoms. The number of nitrogens with zero attached hydrogens (tertiary/aromatic N) is 1. The molecule has 0 unspecified atom stereocenters. The average Bonchev–Trinajstić information content (AvgIpc) is 2.90. The van der Waals surface area contributed by atoms with Gasteiger partial charge in [0.2, 0.25) is 0 Å². The molecule has 4 nitrogen and oxygen atoms in total. The summed E-state index contributed by atoms with van der Waals surface area (Å²) >= 11 is 1.41. The number of carbonyl (C=O) groups excluding carboxylic acids is 2. The minimum absolute atomic E-state index is 0.247. The zero-order valence-corrected chi connectivity index (χ0v) is 17.6. The van der Waals surface area contributed by atoms with Gasteiger partial charge in [0.1, 0.15) is 5.75 Å². The van der Waals surface area contributed by atoms with E-state index in [0.717, 1.165) is 34.6 Å². The van der Waals surface area contributed by atoms with Crippen molar-refractivity contribution in [3.05, 3.63) is 64.1 Å². The van der Waals surface area contributed by atoms with Gasteiger partial charge in [-0.15, -0.1) is 11.8 Å². The molecular weight excluding hydrogens is 370 g/mol. The first kappa shape index (κ1) is 20.2. The molecule has 0 N–H and O–H groups in total. The maximum atomic E-state index is 13.3. The van der Waals surface area contributed by atoms with Crippen molar-refractivity contribution in [3.8, 4) is 5.75 Å². The third-order valence-electron chi connectivity index (χ3n) is 4.41. The van der Waals surface area contributed by atoms with E-state index >= 15 is 0 Å². The highest BCUT2D eigenvalue weighted by Gasteiger charge is 2.40. The molecule has 28 heavy (non-hydrogen) atoms. The van der Waals surface area contributed by atoms with Gasteiger partial charge in [0.05, 0.1) is 22.8 Å². The second-order valence-electron chi connectivity index (χ2n) is 6.80. The highest BCUT2D eigenvalue weighted by molar-refractivity contribution is 8.04. The van der Waals surface area contributed by atoms with E-state index in [4.69, 9.17) is 4.74 Å². The topological polar surface area (TPSA) is 46.6 Å². The van der Waals surface area contributed by atoms with Crippen LogP contribution >= 0.6 is 11.8 Å². The predicted molar refractivity (Wildman–Crippen MR) is 116 cm³/mol. The number of imide groups is 1. The fraction of sp³-hybridized carbons (Fsp3) is 0.304. The summed E-state index contributed by atoms with van der Waals surface area (Å²) in [5.74, 6) is 0.964. The second kappa shape index (κ2) is 8.65. The van der Waals surface area contributed by atoms with Crippen molar-refractivity contribution in [2.45, 2.75) is 34.1 Å². The summed E-state index contributed by atoms with van der Waals surface area (Å²) < 4.78 is 5.63. The summed E-state index contributed by atoms with van der Waals surface area (Å²) in [5, 5.41) is 0. The largest absolute Gasteiger partial charge is 0.494 e. The third-order valence-corrected chi connectivity index (χ3v) is 5.37. The van der Waals surface area contributed by atoms with Crippen LogP contribution in [-0.2, 0) is 9.59 Å². The number of ether oxygens (including phenoxy) is 1. The highest BCUT2D eigenvalue weighted by atomic mass is 32.2. The second-order valence-corrected chi connectivity index (χ2v) is 8.08. The summed E-state index contributed by atoms with van der Waals surface area (Å²) in [6.07, 6.45) is 0.933. The van der Waals surface area contributed by atoms with Crippen molar-refractivity contribution in [1.29, 1.82) is 0 Å². The Bertz CT molecular complexity index is 911. The van der Waals surface area contributed by atoms with Crippen LogP contribution in [-0.4, -0.2) is 24.2 Å². The van der Waals surface area contributed by atoms with Gasteiger partial charge in [-0.25, -0.2) is 4.90 Å². The summed E-state index contributed by atoms with van der Waals surface area (Å²) in [7, 11) is 0. The Kier molecular flexibility index (Phi) is 6.25. The lowest BCUT2D eigenvalue weighted by Crippen LogP contribution is -2.31. The van der Waals surface area contributed by atoms with Crippen LogP contribution in [0.2, 0.25) is 0 Å². The highest BCUT2D eigenvalue weighted by Crippen LogP contribution is 2.39. The molecule has 0 fully saturated rings. The Morgan fingerprint density at radius 2 is 1.57 bits per heavy atom. The van der Waals surface area contributed by atoms with E-state index in [1.165, 1.54) is 16.7 Å². The molecular formula is C23H25NO3S. The van der Waals surface area contributed by atoms with Gasteiger partial charge in [0.15, 0.2) is 0 Å². The summed E-state index contributed by atoms with van der Waals surface area (Å²) in [5.41, 5.74) is 3.88. The van der Waals surface area contributed by atoms with Crippen LogP contribution in [0.4, 0.5) is 5.69 Å². The van der Waals surface area contributed by atoms with Gasteiger partial charge >= 0.3 is 0 Å². The Hall–Kier alpha value is -2.53. The molecule has 1 aliphatic rings. The summed E-state index contributed by atoms with van der Waals surface area (Å²) in [6.45, 7) is 8.61. The van der Waals surface area contributed by atoms with Crippen molar-refractivity contribution in [2.75, 3.05) is 17.3 Å². The Morgan fingerprint density at radius 1 is 0.929 bits per heavy atom. The fourth-order valence-corrected chi connectivity index (χ4v) is 4.15. The molecule has 0 aliphatic carbocycles. The van der Waals surface area contributed by atoms with E-state index in [1.54, 1.807) is 0 Å². The first-order valence-electron chi connectivity index (χ1n) is 9.53. The van der Waals surface area contributed by atoms with E-state index in [-0.39, 0.29) is 11.8 Å². The first-order chi connectivity index (χ1) is 13.5. The lowest BCUT2D eigenvalue weighted by molar-refractivity contribution is -0.119. The molecule has 0 atom stereocenters. The van der Waals surface area contributed by atoms with E-state index in [2.05, 4.69) is 6.92 Å². The number of benzene rings is 2. The molecule has 0 radical (unpaired) electrons. The fourth-order valence-electron chi connectivity index (χ4n) is 3.29. The lowest BCUT2D eigenvalue weighted by atomic mass is 10.1. The molecule has 0 bridgehead atoms. The molecule has 0 saturated heterocycles. The molecule has 2 aromatic rings. The van der Waals surface area contributed by atoms with Gasteiger partial charge < -0.3 is 4.74 Å². The van der Waals surface area contributed by atoms with Crippen LogP contribution in [0.1, 0.15) is 37.0 Å². The lowest BCUT2D eigenvalue weighted by Gasteiger charge is -2.16. The average molecular weight is 396 g/mol. The number of rotatable bonds is 7. The van der Waals surface area contributed by atoms with Gasteiger partial charge in [0.25, 0.3) is 11.8 Å². The van der Waals surface area contributed by atoms with E-state index in [9.17, 15) is 9.59 Å². The van der Waals surface area contributed by atoms with Crippen molar-refractivity contribution >= 4 is 34.8 Å². The van der Waals surface area contributed by atoms with Gasteiger partial charge in [0, 0.05) is 0 Å². The normalized spacial score (nSPS) is 14.2. The van der Waals surface area contributed by atoms with Gasteiger partial charge in [-0.2, -0.15) is 0 Å². The minimum atomic E-state index is -0.270. The zero-order valence-electron chi connectivity index (χ0n) is 16.7. The summed E-state index contributed by atoms with van der Waals surface area (Å²) in [4.78, 5) is 28.2. The summed E-state index contributed by atoms with van der Waals surface area (Å²) in [6, 6.07) is 13.2. The van der Waals surface area contributed by atoms with E-state index in [0.29, 0.717) is 22.8 Å². The number of amides is 2. The van der Waals surface area contributed by atoms with Crippen molar-refractivity contribution in [1.82, 2.24) is 0 Å². The van der Waals surface area contributed by atoms with Gasteiger partial charge in [-0.1, -0.05) is 32.0 Å². The van der Waals surface area contributed by atoms with Crippen LogP contribution in [0.5, 0.6) is 5.75 Å². The maximum Gasteiger partial charge on any atom is 0.272 e. The van der Waals surface area contributed by atoms with Gasteiger partial charge in [-0.3, -0.25) is 9.59 Å². The Balaban J connectivity index is 2.00. The monoisotopic (exact) mass is 395 g/mol. The SMILES string of the molecule is CCCOc1ccc(C2=C(SCC)C(=O)N(c3cc(C)cc(C)c3)C2=O)cc1. The van der Waals surface area contributed by atoms with Crippen molar-refractivity contribution in [3.63, 3.8) is 0 Å². The number of hydrogen-bond donors (Lipinski definition) is 0. The number of anilines is 1. The third kappa shape index (κ3) is 3.99. The molecule has 3 rings (SSSR count).